The average molecular weight is 351 g/mol. The predicted octanol–water partition coefficient (Wildman–Crippen LogP) is 4.46. The van der Waals surface area contributed by atoms with Gasteiger partial charge in [0.25, 0.3) is 0 Å². The zero-order valence-electron chi connectivity index (χ0n) is 12.5. The molecule has 3 rings (SSSR count). The van der Waals surface area contributed by atoms with Crippen LogP contribution in [0.5, 0.6) is 0 Å². The molecular weight excluding hydrogens is 336 g/mol. The summed E-state index contributed by atoms with van der Waals surface area (Å²) >= 11 is 3.19. The van der Waals surface area contributed by atoms with Gasteiger partial charge in [-0.2, -0.15) is 0 Å². The monoisotopic (exact) mass is 351 g/mol. The lowest BCUT2D eigenvalue weighted by atomic mass is 10.1. The largest absolute Gasteiger partial charge is 0.322 e. The maximum atomic E-state index is 13.4. The van der Waals surface area contributed by atoms with E-state index in [0.29, 0.717) is 11.3 Å². The molecule has 120 valence electrons. The molecular formula is C17H15F2NOS2. The Bertz CT molecular complexity index is 701. The maximum Gasteiger partial charge on any atom is 0.234 e. The van der Waals surface area contributed by atoms with E-state index in [0.717, 1.165) is 16.5 Å². The molecule has 0 aromatic heterocycles. The number of amides is 1. The van der Waals surface area contributed by atoms with E-state index in [2.05, 4.69) is 0 Å². The highest BCUT2D eigenvalue weighted by Crippen LogP contribution is 2.40. The van der Waals surface area contributed by atoms with E-state index in [1.165, 1.54) is 23.9 Å². The lowest BCUT2D eigenvalue weighted by Crippen LogP contribution is -2.27. The Labute approximate surface area is 142 Å². The fourth-order valence-corrected chi connectivity index (χ4v) is 4.16. The number of carbonyl (C=O) groups excluding carboxylic acids is 1. The van der Waals surface area contributed by atoms with Gasteiger partial charge in [-0.1, -0.05) is 12.1 Å². The molecule has 1 fully saturated rings. The highest BCUT2D eigenvalue weighted by molar-refractivity contribution is 8.00. The Morgan fingerprint density at radius 1 is 1.17 bits per heavy atom. The third-order valence-electron chi connectivity index (χ3n) is 3.64. The van der Waals surface area contributed by atoms with Gasteiger partial charge < -0.3 is 4.90 Å². The molecule has 23 heavy (non-hydrogen) atoms. The molecule has 1 atom stereocenters. The standard InChI is InChI=1S/C17H15F2NOS2/c1-22-15-4-2-12(3-5-15)17-20(16(21)10-23-17)9-11-6-13(18)8-14(19)7-11/h2-8,17H,9-10H2,1H3. The van der Waals surface area contributed by atoms with Crippen molar-refractivity contribution in [3.63, 3.8) is 0 Å². The normalized spacial score (nSPS) is 17.8. The van der Waals surface area contributed by atoms with E-state index in [9.17, 15) is 13.6 Å². The first-order valence-electron chi connectivity index (χ1n) is 7.07. The SMILES string of the molecule is CSc1ccc(C2SCC(=O)N2Cc2cc(F)cc(F)c2)cc1. The summed E-state index contributed by atoms with van der Waals surface area (Å²) in [6.45, 7) is 0.204. The quantitative estimate of drug-likeness (QED) is 0.759. The second-order valence-electron chi connectivity index (χ2n) is 5.24. The molecule has 1 saturated heterocycles. The number of rotatable bonds is 4. The summed E-state index contributed by atoms with van der Waals surface area (Å²) in [4.78, 5) is 15.0. The van der Waals surface area contributed by atoms with Gasteiger partial charge in [-0.3, -0.25) is 4.79 Å². The Kier molecular flexibility index (Phi) is 4.92. The van der Waals surface area contributed by atoms with Crippen LogP contribution in [0.1, 0.15) is 16.5 Å². The van der Waals surface area contributed by atoms with Gasteiger partial charge in [0.05, 0.1) is 5.75 Å². The number of benzene rings is 2. The Balaban J connectivity index is 1.84. The van der Waals surface area contributed by atoms with Crippen LogP contribution < -0.4 is 0 Å². The van der Waals surface area contributed by atoms with E-state index in [-0.39, 0.29) is 17.8 Å². The lowest BCUT2D eigenvalue weighted by Gasteiger charge is -2.24. The zero-order valence-corrected chi connectivity index (χ0v) is 14.1. The molecule has 0 radical (unpaired) electrons. The number of hydrogen-bond donors (Lipinski definition) is 0. The molecule has 0 bridgehead atoms. The van der Waals surface area contributed by atoms with Crippen LogP contribution >= 0.6 is 23.5 Å². The van der Waals surface area contributed by atoms with Gasteiger partial charge in [-0.25, -0.2) is 8.78 Å². The van der Waals surface area contributed by atoms with Crippen LogP contribution in [0.4, 0.5) is 8.78 Å². The minimum atomic E-state index is -0.625. The second kappa shape index (κ2) is 6.93. The summed E-state index contributed by atoms with van der Waals surface area (Å²) in [5.74, 6) is -0.883. The number of nitrogens with zero attached hydrogens (tertiary/aromatic N) is 1. The molecule has 1 heterocycles. The van der Waals surface area contributed by atoms with E-state index in [1.54, 1.807) is 16.7 Å². The van der Waals surface area contributed by atoms with Crippen molar-refractivity contribution in [3.8, 4) is 0 Å². The van der Waals surface area contributed by atoms with Crippen molar-refractivity contribution in [2.45, 2.75) is 16.8 Å². The molecule has 0 spiro atoms. The van der Waals surface area contributed by atoms with Crippen molar-refractivity contribution in [1.29, 1.82) is 0 Å². The summed E-state index contributed by atoms with van der Waals surface area (Å²) in [6.07, 6.45) is 2.01. The molecule has 1 unspecified atom stereocenters. The summed E-state index contributed by atoms with van der Waals surface area (Å²) in [5, 5.41) is -0.121. The highest BCUT2D eigenvalue weighted by Gasteiger charge is 2.32. The third-order valence-corrected chi connectivity index (χ3v) is 5.64. The van der Waals surface area contributed by atoms with Gasteiger partial charge in [0.15, 0.2) is 0 Å². The van der Waals surface area contributed by atoms with Crippen molar-refractivity contribution in [1.82, 2.24) is 4.90 Å². The molecule has 0 N–H and O–H groups in total. The molecule has 2 aromatic carbocycles. The molecule has 1 aliphatic rings. The first kappa shape index (κ1) is 16.3. The first-order valence-corrected chi connectivity index (χ1v) is 9.34. The minimum absolute atomic E-state index is 0.0152. The average Bonchev–Trinajstić information content (AvgIpc) is 2.87. The van der Waals surface area contributed by atoms with Crippen LogP contribution in [-0.4, -0.2) is 22.8 Å². The van der Waals surface area contributed by atoms with Crippen LogP contribution in [0.25, 0.3) is 0 Å². The Morgan fingerprint density at radius 3 is 2.43 bits per heavy atom. The Hall–Kier alpha value is -1.53. The maximum absolute atomic E-state index is 13.4. The molecule has 6 heteroatoms. The van der Waals surface area contributed by atoms with E-state index in [4.69, 9.17) is 0 Å². The fraction of sp³-hybridized carbons (Fsp3) is 0.235. The summed E-state index contributed by atoms with van der Waals surface area (Å²) in [7, 11) is 0. The van der Waals surface area contributed by atoms with Crippen molar-refractivity contribution < 1.29 is 13.6 Å². The lowest BCUT2D eigenvalue weighted by molar-refractivity contribution is -0.128. The smallest absolute Gasteiger partial charge is 0.234 e. The van der Waals surface area contributed by atoms with Gasteiger partial charge in [0.2, 0.25) is 5.91 Å². The number of carbonyl (C=O) groups is 1. The zero-order chi connectivity index (χ0) is 16.4. The molecule has 2 aromatic rings. The van der Waals surface area contributed by atoms with Crippen molar-refractivity contribution >= 4 is 29.4 Å². The van der Waals surface area contributed by atoms with Crippen molar-refractivity contribution in [3.05, 3.63) is 65.2 Å². The van der Waals surface area contributed by atoms with E-state index in [1.807, 2.05) is 30.5 Å². The predicted molar refractivity (Wildman–Crippen MR) is 90.3 cm³/mol. The first-order chi connectivity index (χ1) is 11.1. The van der Waals surface area contributed by atoms with Crippen molar-refractivity contribution in [2.24, 2.45) is 0 Å². The fourth-order valence-electron chi connectivity index (χ4n) is 2.57. The number of hydrogen-bond acceptors (Lipinski definition) is 3. The van der Waals surface area contributed by atoms with E-state index >= 15 is 0 Å². The number of thioether (sulfide) groups is 2. The van der Waals surface area contributed by atoms with Gasteiger partial charge in [-0.05, 0) is 41.6 Å². The molecule has 0 saturated carbocycles. The molecule has 1 amide bonds. The topological polar surface area (TPSA) is 20.3 Å². The molecule has 0 aliphatic carbocycles. The third kappa shape index (κ3) is 3.70. The van der Waals surface area contributed by atoms with Crippen LogP contribution in [-0.2, 0) is 11.3 Å². The summed E-state index contributed by atoms with van der Waals surface area (Å²) in [6, 6.07) is 11.4. The summed E-state index contributed by atoms with van der Waals surface area (Å²) < 4.78 is 26.7. The van der Waals surface area contributed by atoms with Gasteiger partial charge in [-0.15, -0.1) is 23.5 Å². The molecule has 2 nitrogen and oxygen atoms in total. The minimum Gasteiger partial charge on any atom is -0.322 e. The highest BCUT2D eigenvalue weighted by atomic mass is 32.2. The van der Waals surface area contributed by atoms with Gasteiger partial charge in [0.1, 0.15) is 17.0 Å². The summed E-state index contributed by atoms with van der Waals surface area (Å²) in [5.41, 5.74) is 1.49. The van der Waals surface area contributed by atoms with Gasteiger partial charge in [0, 0.05) is 17.5 Å². The van der Waals surface area contributed by atoms with Crippen LogP contribution in [0.15, 0.2) is 47.4 Å². The Morgan fingerprint density at radius 2 is 1.83 bits per heavy atom. The van der Waals surface area contributed by atoms with Crippen LogP contribution in [0.3, 0.4) is 0 Å². The van der Waals surface area contributed by atoms with Crippen molar-refractivity contribution in [2.75, 3.05) is 12.0 Å². The van der Waals surface area contributed by atoms with Crippen LogP contribution in [0.2, 0.25) is 0 Å². The molecule has 1 aliphatic heterocycles. The van der Waals surface area contributed by atoms with E-state index < -0.39 is 11.6 Å². The van der Waals surface area contributed by atoms with Gasteiger partial charge >= 0.3 is 0 Å². The van der Waals surface area contributed by atoms with Crippen LogP contribution in [0, 0.1) is 11.6 Å². The second-order valence-corrected chi connectivity index (χ2v) is 7.18. The number of halogens is 2.